The first-order valence-electron chi connectivity index (χ1n) is 7.86. The lowest BCUT2D eigenvalue weighted by atomic mass is 10.1. The van der Waals surface area contributed by atoms with Crippen molar-refractivity contribution < 1.29 is 14.3 Å². The molecule has 2 aromatic rings. The first-order valence-corrected chi connectivity index (χ1v) is 7.86. The lowest BCUT2D eigenvalue weighted by Crippen LogP contribution is -2.15. The molecule has 0 fully saturated rings. The number of nitrogens with one attached hydrogen (secondary N) is 1. The van der Waals surface area contributed by atoms with Gasteiger partial charge in [0, 0.05) is 6.54 Å². The molecule has 3 N–H and O–H groups in total. The number of amides is 1. The zero-order chi connectivity index (χ0) is 17.6. The summed E-state index contributed by atoms with van der Waals surface area (Å²) >= 11 is 0. The average Bonchev–Trinajstić information content (AvgIpc) is 2.62. The van der Waals surface area contributed by atoms with Crippen molar-refractivity contribution in [1.82, 2.24) is 5.32 Å². The molecule has 0 radical (unpaired) electrons. The smallest absolute Gasteiger partial charge is 0.204 e. The van der Waals surface area contributed by atoms with Crippen molar-refractivity contribution in [1.29, 1.82) is 0 Å². The highest BCUT2D eigenvalue weighted by Crippen LogP contribution is 2.27. The van der Waals surface area contributed by atoms with Gasteiger partial charge in [0.25, 0.3) is 0 Å². The molecule has 0 heterocycles. The van der Waals surface area contributed by atoms with Crippen LogP contribution >= 0.6 is 0 Å². The molecule has 0 atom stereocenters. The summed E-state index contributed by atoms with van der Waals surface area (Å²) in [6.07, 6.45) is 2.50. The molecule has 0 spiro atoms. The van der Waals surface area contributed by atoms with E-state index in [0.717, 1.165) is 37.4 Å². The van der Waals surface area contributed by atoms with Gasteiger partial charge in [-0.15, -0.1) is 0 Å². The van der Waals surface area contributed by atoms with Gasteiger partial charge in [-0.2, -0.15) is 0 Å². The van der Waals surface area contributed by atoms with Gasteiger partial charge in [0.1, 0.15) is 0 Å². The molecule has 0 aliphatic heterocycles. The monoisotopic (exact) mass is 330 g/mol. The summed E-state index contributed by atoms with van der Waals surface area (Å²) in [6.45, 7) is 1.85. The highest BCUT2D eigenvalue weighted by Gasteiger charge is 2.04. The number of primary amides is 1. The Hall–Kier alpha value is -2.53. The van der Waals surface area contributed by atoms with E-state index in [2.05, 4.69) is 47.4 Å². The van der Waals surface area contributed by atoms with E-state index in [1.807, 2.05) is 12.1 Å². The molecule has 0 saturated carbocycles. The van der Waals surface area contributed by atoms with E-state index in [0.29, 0.717) is 0 Å². The van der Waals surface area contributed by atoms with Gasteiger partial charge in [0.15, 0.2) is 11.5 Å². The number of hydrogen-bond acceptors (Lipinski definition) is 4. The molecule has 0 saturated heterocycles. The molecular weight excluding hydrogens is 304 g/mol. The van der Waals surface area contributed by atoms with E-state index in [9.17, 15) is 0 Å². The molecule has 5 nitrogen and oxygen atoms in total. The van der Waals surface area contributed by atoms with Gasteiger partial charge in [0.05, 0.1) is 14.2 Å². The molecule has 0 aromatic heterocycles. The lowest BCUT2D eigenvalue weighted by Gasteiger charge is -2.10. The first kappa shape index (κ1) is 19.5. The average molecular weight is 330 g/mol. The van der Waals surface area contributed by atoms with E-state index < -0.39 is 0 Å². The number of methoxy groups -OCH3 is 2. The van der Waals surface area contributed by atoms with Crippen molar-refractivity contribution in [2.75, 3.05) is 20.8 Å². The third kappa shape index (κ3) is 7.15. The van der Waals surface area contributed by atoms with Crippen LogP contribution in [0.4, 0.5) is 0 Å². The maximum atomic E-state index is 8.58. The van der Waals surface area contributed by atoms with Crippen molar-refractivity contribution in [3.63, 3.8) is 0 Å². The van der Waals surface area contributed by atoms with Crippen molar-refractivity contribution >= 4 is 6.41 Å². The number of aryl methyl sites for hydroxylation is 1. The van der Waals surface area contributed by atoms with Gasteiger partial charge in [-0.05, 0) is 42.6 Å². The number of nitrogens with two attached hydrogens (primary N) is 1. The summed E-state index contributed by atoms with van der Waals surface area (Å²) in [7, 11) is 3.31. The molecule has 5 heteroatoms. The second-order valence-electron chi connectivity index (χ2n) is 5.09. The fraction of sp³-hybridized carbons (Fsp3) is 0.316. The molecule has 0 bridgehead atoms. The Morgan fingerprint density at radius 2 is 1.67 bits per heavy atom. The van der Waals surface area contributed by atoms with Crippen LogP contribution in [0.1, 0.15) is 17.5 Å². The van der Waals surface area contributed by atoms with Crippen LogP contribution in [0, 0.1) is 0 Å². The number of hydrogen-bond donors (Lipinski definition) is 2. The lowest BCUT2D eigenvalue weighted by molar-refractivity contribution is -0.106. The third-order valence-corrected chi connectivity index (χ3v) is 3.44. The van der Waals surface area contributed by atoms with E-state index in [1.165, 1.54) is 11.1 Å². The molecule has 0 aliphatic carbocycles. The van der Waals surface area contributed by atoms with Gasteiger partial charge in [-0.3, -0.25) is 4.79 Å². The van der Waals surface area contributed by atoms with E-state index >= 15 is 0 Å². The Morgan fingerprint density at radius 1 is 1.00 bits per heavy atom. The van der Waals surface area contributed by atoms with Gasteiger partial charge in [-0.1, -0.05) is 36.4 Å². The van der Waals surface area contributed by atoms with E-state index in [-0.39, 0.29) is 6.41 Å². The molecule has 130 valence electrons. The van der Waals surface area contributed by atoms with E-state index in [1.54, 1.807) is 14.2 Å². The van der Waals surface area contributed by atoms with E-state index in [4.69, 9.17) is 14.3 Å². The third-order valence-electron chi connectivity index (χ3n) is 3.44. The zero-order valence-electron chi connectivity index (χ0n) is 14.3. The second-order valence-corrected chi connectivity index (χ2v) is 5.09. The summed E-state index contributed by atoms with van der Waals surface area (Å²) in [5.74, 6) is 1.55. The highest BCUT2D eigenvalue weighted by atomic mass is 16.5. The number of ether oxygens (including phenoxy) is 2. The molecule has 2 aromatic carbocycles. The first-order chi connectivity index (χ1) is 11.7. The zero-order valence-corrected chi connectivity index (χ0v) is 14.3. The summed E-state index contributed by atoms with van der Waals surface area (Å²) in [5, 5.41) is 3.46. The molecule has 1 amide bonds. The van der Waals surface area contributed by atoms with Gasteiger partial charge in [0.2, 0.25) is 6.41 Å². The number of carbonyl (C=O) groups excluding carboxylic acids is 1. The summed E-state index contributed by atoms with van der Waals surface area (Å²) < 4.78 is 10.5. The SMILES string of the molecule is COc1ccc(CNCCCc2ccccc2)cc1OC.NC=O. The topological polar surface area (TPSA) is 73.6 Å². The van der Waals surface area contributed by atoms with Gasteiger partial charge in [-0.25, -0.2) is 0 Å². The van der Waals surface area contributed by atoms with Crippen LogP contribution in [0.25, 0.3) is 0 Å². The van der Waals surface area contributed by atoms with Crippen LogP contribution in [0.2, 0.25) is 0 Å². The normalized spacial score (nSPS) is 9.58. The maximum absolute atomic E-state index is 8.58. The van der Waals surface area contributed by atoms with Crippen LogP contribution in [-0.4, -0.2) is 27.2 Å². The fourth-order valence-electron chi connectivity index (χ4n) is 2.29. The van der Waals surface area contributed by atoms with Crippen molar-refractivity contribution in [2.24, 2.45) is 5.73 Å². The molecule has 24 heavy (non-hydrogen) atoms. The Balaban J connectivity index is 0.000000891. The van der Waals surface area contributed by atoms with Crippen molar-refractivity contribution in [2.45, 2.75) is 19.4 Å². The predicted molar refractivity (Wildman–Crippen MR) is 96.3 cm³/mol. The summed E-state index contributed by atoms with van der Waals surface area (Å²) in [4.78, 5) is 8.58. The molecular formula is C19H26N2O3. The Bertz CT molecular complexity index is 588. The summed E-state index contributed by atoms with van der Waals surface area (Å²) in [5.41, 5.74) is 6.76. The van der Waals surface area contributed by atoms with Crippen LogP contribution in [0.5, 0.6) is 11.5 Å². The molecule has 0 unspecified atom stereocenters. The molecule has 0 aliphatic rings. The second kappa shape index (κ2) is 12.0. The van der Waals surface area contributed by atoms with Crippen LogP contribution in [0.3, 0.4) is 0 Å². The fourth-order valence-corrected chi connectivity index (χ4v) is 2.29. The standard InChI is InChI=1S/C18H23NO2.CH3NO/c1-20-17-11-10-16(13-18(17)21-2)14-19-12-6-9-15-7-4-3-5-8-15;2-1-3/h3-5,7-8,10-11,13,19H,6,9,12,14H2,1-2H3;1H,(H2,2,3). The van der Waals surface area contributed by atoms with Crippen LogP contribution < -0.4 is 20.5 Å². The van der Waals surface area contributed by atoms with Gasteiger partial charge < -0.3 is 20.5 Å². The molecule has 2 rings (SSSR count). The number of benzene rings is 2. The maximum Gasteiger partial charge on any atom is 0.204 e. The number of carbonyl (C=O) groups is 1. The Morgan fingerprint density at radius 3 is 2.29 bits per heavy atom. The Labute approximate surface area is 143 Å². The highest BCUT2D eigenvalue weighted by molar-refractivity contribution is 5.43. The minimum absolute atomic E-state index is 0.250. The number of rotatable bonds is 8. The quantitative estimate of drug-likeness (QED) is 0.576. The predicted octanol–water partition coefficient (Wildman–Crippen LogP) is 2.53. The van der Waals surface area contributed by atoms with Crippen LogP contribution in [0.15, 0.2) is 48.5 Å². The minimum Gasteiger partial charge on any atom is -0.493 e. The van der Waals surface area contributed by atoms with Crippen molar-refractivity contribution in [3.05, 3.63) is 59.7 Å². The Kier molecular flexibility index (Phi) is 9.73. The van der Waals surface area contributed by atoms with Gasteiger partial charge >= 0.3 is 0 Å². The summed E-state index contributed by atoms with van der Waals surface area (Å²) in [6, 6.07) is 16.6. The minimum atomic E-state index is 0.250. The van der Waals surface area contributed by atoms with Crippen LogP contribution in [-0.2, 0) is 17.8 Å². The largest absolute Gasteiger partial charge is 0.493 e. The van der Waals surface area contributed by atoms with Crippen molar-refractivity contribution in [3.8, 4) is 11.5 Å².